The van der Waals surface area contributed by atoms with E-state index >= 15 is 0 Å². The molecule has 0 amide bonds. The van der Waals surface area contributed by atoms with Crippen LogP contribution in [0.4, 0.5) is 5.69 Å². The summed E-state index contributed by atoms with van der Waals surface area (Å²) in [7, 11) is 0. The summed E-state index contributed by atoms with van der Waals surface area (Å²) in [6.45, 7) is 1.12. The van der Waals surface area contributed by atoms with E-state index in [1.165, 1.54) is 41.6 Å². The molecule has 0 saturated heterocycles. The van der Waals surface area contributed by atoms with Gasteiger partial charge in [0.2, 0.25) is 0 Å². The van der Waals surface area contributed by atoms with Crippen molar-refractivity contribution in [1.29, 1.82) is 0 Å². The molecule has 1 heterocycles. The van der Waals surface area contributed by atoms with Gasteiger partial charge in [-0.15, -0.1) is 0 Å². The van der Waals surface area contributed by atoms with Crippen LogP contribution in [0.15, 0.2) is 48.5 Å². The lowest BCUT2D eigenvalue weighted by molar-refractivity contribution is 0.785. The van der Waals surface area contributed by atoms with Gasteiger partial charge < -0.3 is 5.32 Å². The first kappa shape index (κ1) is 11.3. The number of rotatable bonds is 2. The molecule has 92 valence electrons. The van der Waals surface area contributed by atoms with Gasteiger partial charge in [-0.3, -0.25) is 0 Å². The molecule has 0 bridgehead atoms. The van der Waals surface area contributed by atoms with Crippen molar-refractivity contribution in [2.75, 3.05) is 11.9 Å². The monoisotopic (exact) mass is 237 g/mol. The normalized spacial score (nSPS) is 14.4. The summed E-state index contributed by atoms with van der Waals surface area (Å²) >= 11 is 0. The molecule has 1 nitrogen and oxygen atoms in total. The zero-order chi connectivity index (χ0) is 12.2. The van der Waals surface area contributed by atoms with Gasteiger partial charge >= 0.3 is 0 Å². The second-order valence-electron chi connectivity index (χ2n) is 5.04. The highest BCUT2D eigenvalue weighted by Gasteiger charge is 2.07. The number of aryl methyl sites for hydroxylation is 1. The lowest BCUT2D eigenvalue weighted by Crippen LogP contribution is -2.00. The van der Waals surface area contributed by atoms with Gasteiger partial charge in [-0.05, 0) is 48.4 Å². The first-order chi connectivity index (χ1) is 8.92. The van der Waals surface area contributed by atoms with E-state index in [-0.39, 0.29) is 0 Å². The minimum absolute atomic E-state index is 1.04. The number of anilines is 1. The van der Waals surface area contributed by atoms with Gasteiger partial charge in [0.1, 0.15) is 0 Å². The van der Waals surface area contributed by atoms with Crippen LogP contribution in [0.5, 0.6) is 0 Å². The van der Waals surface area contributed by atoms with Crippen LogP contribution < -0.4 is 5.32 Å². The van der Waals surface area contributed by atoms with Crippen molar-refractivity contribution in [3.8, 4) is 0 Å². The predicted molar refractivity (Wildman–Crippen MR) is 77.1 cm³/mol. The maximum atomic E-state index is 3.52. The summed E-state index contributed by atoms with van der Waals surface area (Å²) in [4.78, 5) is 0. The Bertz CT molecular complexity index is 516. The second kappa shape index (κ2) is 5.26. The maximum Gasteiger partial charge on any atom is 0.0372 e. The number of fused-ring (bicyclic) bond motifs is 1. The van der Waals surface area contributed by atoms with Crippen molar-refractivity contribution >= 4 is 5.69 Å². The van der Waals surface area contributed by atoms with E-state index < -0.39 is 0 Å². The van der Waals surface area contributed by atoms with Crippen LogP contribution in [0.1, 0.15) is 29.5 Å². The summed E-state index contributed by atoms with van der Waals surface area (Å²) < 4.78 is 0. The van der Waals surface area contributed by atoms with E-state index in [9.17, 15) is 0 Å². The van der Waals surface area contributed by atoms with Gasteiger partial charge in [-0.1, -0.05) is 42.5 Å². The Kier molecular flexibility index (Phi) is 3.31. The molecule has 0 fully saturated rings. The first-order valence-electron chi connectivity index (χ1n) is 6.81. The summed E-state index contributed by atoms with van der Waals surface area (Å²) in [6, 6.07) is 17.6. The standard InChI is InChI=1S/C17H19N/c1-2-6-14(7-3-1)12-15-9-10-17-16(13-15)8-4-5-11-18-17/h1-3,6-7,9-10,13,18H,4-5,8,11-12H2. The topological polar surface area (TPSA) is 12.0 Å². The molecule has 18 heavy (non-hydrogen) atoms. The van der Waals surface area contributed by atoms with Crippen LogP contribution in [0.25, 0.3) is 0 Å². The molecule has 2 aromatic rings. The summed E-state index contributed by atoms with van der Waals surface area (Å²) in [5.74, 6) is 0. The summed E-state index contributed by atoms with van der Waals surface area (Å²) in [5.41, 5.74) is 5.63. The summed E-state index contributed by atoms with van der Waals surface area (Å²) in [5, 5.41) is 3.52. The van der Waals surface area contributed by atoms with Gasteiger partial charge in [0.05, 0.1) is 0 Å². The third kappa shape index (κ3) is 2.56. The van der Waals surface area contributed by atoms with Gasteiger partial charge in [-0.25, -0.2) is 0 Å². The average molecular weight is 237 g/mol. The average Bonchev–Trinajstić information content (AvgIpc) is 2.64. The third-order valence-electron chi connectivity index (χ3n) is 3.61. The highest BCUT2D eigenvalue weighted by molar-refractivity contribution is 5.54. The van der Waals surface area contributed by atoms with Crippen LogP contribution in [-0.2, 0) is 12.8 Å². The van der Waals surface area contributed by atoms with E-state index in [1.54, 1.807) is 0 Å². The Balaban J connectivity index is 1.83. The highest BCUT2D eigenvalue weighted by atomic mass is 14.9. The Morgan fingerprint density at radius 3 is 2.67 bits per heavy atom. The van der Waals surface area contributed by atoms with E-state index in [0.717, 1.165) is 13.0 Å². The van der Waals surface area contributed by atoms with Crippen molar-refractivity contribution in [2.45, 2.75) is 25.7 Å². The van der Waals surface area contributed by atoms with Crippen molar-refractivity contribution in [3.05, 3.63) is 65.2 Å². The zero-order valence-electron chi connectivity index (χ0n) is 10.7. The molecular weight excluding hydrogens is 218 g/mol. The Hall–Kier alpha value is -1.76. The number of hydrogen-bond donors (Lipinski definition) is 1. The van der Waals surface area contributed by atoms with Crippen molar-refractivity contribution in [2.24, 2.45) is 0 Å². The molecule has 0 aliphatic carbocycles. The minimum atomic E-state index is 1.04. The fourth-order valence-electron chi connectivity index (χ4n) is 2.63. The van der Waals surface area contributed by atoms with Gasteiger partial charge in [0, 0.05) is 12.2 Å². The molecule has 0 spiro atoms. The minimum Gasteiger partial charge on any atom is -0.385 e. The first-order valence-corrected chi connectivity index (χ1v) is 6.81. The molecule has 0 unspecified atom stereocenters. The lowest BCUT2D eigenvalue weighted by Gasteiger charge is -2.10. The smallest absolute Gasteiger partial charge is 0.0372 e. The second-order valence-corrected chi connectivity index (χ2v) is 5.04. The molecule has 1 heteroatoms. The molecule has 0 atom stereocenters. The van der Waals surface area contributed by atoms with E-state index in [1.807, 2.05) is 0 Å². The molecule has 0 saturated carbocycles. The van der Waals surface area contributed by atoms with Gasteiger partial charge in [0.25, 0.3) is 0 Å². The number of nitrogens with one attached hydrogen (secondary N) is 1. The van der Waals surface area contributed by atoms with E-state index in [0.29, 0.717) is 0 Å². The molecule has 3 rings (SSSR count). The largest absolute Gasteiger partial charge is 0.385 e. The molecule has 0 aromatic heterocycles. The molecule has 2 aromatic carbocycles. The Morgan fingerprint density at radius 1 is 0.889 bits per heavy atom. The third-order valence-corrected chi connectivity index (χ3v) is 3.61. The molecule has 1 N–H and O–H groups in total. The van der Waals surface area contributed by atoms with Gasteiger partial charge in [0.15, 0.2) is 0 Å². The van der Waals surface area contributed by atoms with Crippen LogP contribution >= 0.6 is 0 Å². The Morgan fingerprint density at radius 2 is 1.78 bits per heavy atom. The molecule has 0 radical (unpaired) electrons. The van der Waals surface area contributed by atoms with Crippen molar-refractivity contribution in [1.82, 2.24) is 0 Å². The predicted octanol–water partition coefficient (Wildman–Crippen LogP) is 4.03. The SMILES string of the molecule is c1ccc(Cc2ccc3c(c2)CCCCN3)cc1. The van der Waals surface area contributed by atoms with E-state index in [4.69, 9.17) is 0 Å². The van der Waals surface area contributed by atoms with Gasteiger partial charge in [-0.2, -0.15) is 0 Å². The number of hydrogen-bond acceptors (Lipinski definition) is 1. The van der Waals surface area contributed by atoms with Crippen LogP contribution in [0, 0.1) is 0 Å². The Labute approximate surface area is 109 Å². The van der Waals surface area contributed by atoms with Crippen LogP contribution in [-0.4, -0.2) is 6.54 Å². The quantitative estimate of drug-likeness (QED) is 0.831. The fourth-order valence-corrected chi connectivity index (χ4v) is 2.63. The van der Waals surface area contributed by atoms with Crippen molar-refractivity contribution in [3.63, 3.8) is 0 Å². The molecule has 1 aliphatic heterocycles. The molecular formula is C17H19N. The molecule has 1 aliphatic rings. The van der Waals surface area contributed by atoms with Crippen LogP contribution in [0.3, 0.4) is 0 Å². The van der Waals surface area contributed by atoms with Crippen molar-refractivity contribution < 1.29 is 0 Å². The van der Waals surface area contributed by atoms with Crippen LogP contribution in [0.2, 0.25) is 0 Å². The van der Waals surface area contributed by atoms with E-state index in [2.05, 4.69) is 53.8 Å². The summed E-state index contributed by atoms with van der Waals surface area (Å²) in [6.07, 6.45) is 4.83. The zero-order valence-corrected chi connectivity index (χ0v) is 10.7. The number of benzene rings is 2. The fraction of sp³-hybridized carbons (Fsp3) is 0.294. The highest BCUT2D eigenvalue weighted by Crippen LogP contribution is 2.23. The maximum absolute atomic E-state index is 3.52. The lowest BCUT2D eigenvalue weighted by atomic mass is 10.00.